The summed E-state index contributed by atoms with van der Waals surface area (Å²) in [4.78, 5) is 25.9. The van der Waals surface area contributed by atoms with Crippen molar-refractivity contribution in [2.75, 3.05) is 10.0 Å². The highest BCUT2D eigenvalue weighted by molar-refractivity contribution is 7.92. The maximum absolute atomic E-state index is 13.1. The van der Waals surface area contributed by atoms with Crippen LogP contribution in [0.25, 0.3) is 0 Å². The monoisotopic (exact) mass is 560 g/mol. The second-order valence-corrected chi connectivity index (χ2v) is 12.4. The summed E-state index contributed by atoms with van der Waals surface area (Å²) < 4.78 is 28.5. The van der Waals surface area contributed by atoms with Gasteiger partial charge in [0.05, 0.1) is 5.02 Å². The molecule has 4 aromatic rings. The fraction of sp³-hybridized carbons (Fsp3) is 0.161. The average molecular weight is 561 g/mol. The van der Waals surface area contributed by atoms with Crippen molar-refractivity contribution in [3.05, 3.63) is 124 Å². The lowest BCUT2D eigenvalue weighted by Crippen LogP contribution is -2.16. The predicted octanol–water partition coefficient (Wildman–Crippen LogP) is 7.23. The van der Waals surface area contributed by atoms with Gasteiger partial charge in [-0.1, -0.05) is 86.5 Å². The van der Waals surface area contributed by atoms with Crippen LogP contribution in [0.3, 0.4) is 0 Å². The minimum atomic E-state index is -4.05. The maximum Gasteiger partial charge on any atom is 0.263 e. The van der Waals surface area contributed by atoms with Gasteiger partial charge in [-0.05, 0) is 60.4 Å². The van der Waals surface area contributed by atoms with Crippen molar-refractivity contribution in [3.63, 3.8) is 0 Å². The molecule has 0 unspecified atom stereocenters. The van der Waals surface area contributed by atoms with Crippen molar-refractivity contribution >= 4 is 44.7 Å². The number of ketones is 1. The van der Waals surface area contributed by atoms with Crippen molar-refractivity contribution in [2.24, 2.45) is 0 Å². The van der Waals surface area contributed by atoms with Gasteiger partial charge in [-0.25, -0.2) is 8.42 Å². The highest BCUT2D eigenvalue weighted by atomic mass is 35.5. The van der Waals surface area contributed by atoms with E-state index in [4.69, 9.17) is 11.6 Å². The van der Waals surface area contributed by atoms with E-state index in [9.17, 15) is 18.0 Å². The summed E-state index contributed by atoms with van der Waals surface area (Å²) in [7, 11) is -4.05. The van der Waals surface area contributed by atoms with Gasteiger partial charge in [-0.15, -0.1) is 0 Å². The zero-order valence-electron chi connectivity index (χ0n) is 22.1. The number of nitrogens with one attached hydrogen (secondary N) is 2. The quantitative estimate of drug-likeness (QED) is 0.233. The van der Waals surface area contributed by atoms with Gasteiger partial charge in [-0.2, -0.15) is 0 Å². The van der Waals surface area contributed by atoms with Gasteiger partial charge in [0.2, 0.25) is 0 Å². The van der Waals surface area contributed by atoms with E-state index in [1.807, 2.05) is 19.1 Å². The molecule has 0 aromatic heterocycles. The molecule has 0 heterocycles. The zero-order valence-corrected chi connectivity index (χ0v) is 23.7. The number of sulfonamides is 1. The second-order valence-electron chi connectivity index (χ2n) is 10.3. The summed E-state index contributed by atoms with van der Waals surface area (Å²) >= 11 is 6.20. The Hall–Kier alpha value is -3.94. The van der Waals surface area contributed by atoms with Gasteiger partial charge >= 0.3 is 0 Å². The number of amides is 1. The van der Waals surface area contributed by atoms with Crippen LogP contribution in [0.4, 0.5) is 11.4 Å². The minimum Gasteiger partial charge on any atom is -0.322 e. The summed E-state index contributed by atoms with van der Waals surface area (Å²) in [5, 5.41) is 2.72. The molecule has 0 saturated carbocycles. The summed E-state index contributed by atoms with van der Waals surface area (Å²) in [6, 6.07) is 25.0. The molecule has 0 spiro atoms. The summed E-state index contributed by atoms with van der Waals surface area (Å²) in [5.74, 6) is -0.716. The molecule has 200 valence electrons. The SMILES string of the molecule is Cc1ccc(NS(=O)(=O)c2cc(C(=O)Nc3cccc(C(=O)c4ccc(C(C)(C)C)cc4)c3)ccc2Cl)cc1. The van der Waals surface area contributed by atoms with Crippen LogP contribution in [0, 0.1) is 6.92 Å². The highest BCUT2D eigenvalue weighted by Crippen LogP contribution is 2.27. The van der Waals surface area contributed by atoms with Crippen molar-refractivity contribution in [1.29, 1.82) is 0 Å². The van der Waals surface area contributed by atoms with Crippen LogP contribution in [0.2, 0.25) is 5.02 Å². The van der Waals surface area contributed by atoms with Crippen LogP contribution in [-0.4, -0.2) is 20.1 Å². The number of aryl methyl sites for hydroxylation is 1. The topological polar surface area (TPSA) is 92.3 Å². The molecule has 39 heavy (non-hydrogen) atoms. The summed E-state index contributed by atoms with van der Waals surface area (Å²) in [6.07, 6.45) is 0. The van der Waals surface area contributed by atoms with E-state index in [-0.39, 0.29) is 26.7 Å². The molecule has 0 saturated heterocycles. The standard InChI is InChI=1S/C31H29ClN2O4S/c1-20-8-15-25(16-9-20)34-39(37,38)28-19-23(12-17-27(28)32)30(36)33-26-7-5-6-22(18-26)29(35)21-10-13-24(14-11-21)31(2,3)4/h5-19,34H,1-4H3,(H,33,36). The molecule has 0 aliphatic rings. The smallest absolute Gasteiger partial charge is 0.263 e. The van der Waals surface area contributed by atoms with Gasteiger partial charge in [0.1, 0.15) is 4.90 Å². The van der Waals surface area contributed by atoms with Crippen LogP contribution < -0.4 is 10.0 Å². The first-order valence-corrected chi connectivity index (χ1v) is 14.2. The highest BCUT2D eigenvalue weighted by Gasteiger charge is 2.21. The van der Waals surface area contributed by atoms with Gasteiger partial charge in [0.15, 0.2) is 5.78 Å². The molecule has 0 aliphatic carbocycles. The number of halogens is 1. The number of hydrogen-bond donors (Lipinski definition) is 2. The zero-order chi connectivity index (χ0) is 28.4. The number of carbonyl (C=O) groups excluding carboxylic acids is 2. The lowest BCUT2D eigenvalue weighted by atomic mass is 9.86. The number of rotatable bonds is 7. The van der Waals surface area contributed by atoms with Gasteiger partial charge in [0.25, 0.3) is 15.9 Å². The third-order valence-electron chi connectivity index (χ3n) is 6.18. The lowest BCUT2D eigenvalue weighted by Gasteiger charge is -2.19. The van der Waals surface area contributed by atoms with E-state index in [0.29, 0.717) is 22.5 Å². The molecule has 0 bridgehead atoms. The Bertz CT molecular complexity index is 1640. The van der Waals surface area contributed by atoms with E-state index in [0.717, 1.165) is 11.1 Å². The van der Waals surface area contributed by atoms with Crippen molar-refractivity contribution in [2.45, 2.75) is 38.0 Å². The van der Waals surface area contributed by atoms with Crippen LogP contribution in [0.15, 0.2) is 95.9 Å². The molecule has 0 radical (unpaired) electrons. The van der Waals surface area contributed by atoms with Crippen molar-refractivity contribution < 1.29 is 18.0 Å². The molecule has 8 heteroatoms. The average Bonchev–Trinajstić information content (AvgIpc) is 2.89. The number of anilines is 2. The Morgan fingerprint density at radius 1 is 0.744 bits per heavy atom. The lowest BCUT2D eigenvalue weighted by molar-refractivity contribution is 0.102. The Balaban J connectivity index is 1.53. The van der Waals surface area contributed by atoms with Crippen LogP contribution in [0.1, 0.15) is 58.2 Å². The largest absolute Gasteiger partial charge is 0.322 e. The van der Waals surface area contributed by atoms with E-state index < -0.39 is 15.9 Å². The van der Waals surface area contributed by atoms with Crippen molar-refractivity contribution in [3.8, 4) is 0 Å². The summed E-state index contributed by atoms with van der Waals surface area (Å²) in [5.41, 5.74) is 3.91. The first-order valence-electron chi connectivity index (χ1n) is 12.3. The van der Waals surface area contributed by atoms with Crippen LogP contribution in [0.5, 0.6) is 0 Å². The van der Waals surface area contributed by atoms with Gasteiger partial charge in [0, 0.05) is 28.1 Å². The number of benzene rings is 4. The number of hydrogen-bond acceptors (Lipinski definition) is 4. The molecule has 2 N–H and O–H groups in total. The molecule has 0 fully saturated rings. The Kier molecular flexibility index (Phi) is 7.95. The second kappa shape index (κ2) is 11.0. The third kappa shape index (κ3) is 6.74. The van der Waals surface area contributed by atoms with Crippen molar-refractivity contribution in [1.82, 2.24) is 0 Å². The Labute approximate surface area is 234 Å². The molecule has 0 atom stereocenters. The Morgan fingerprint density at radius 2 is 1.38 bits per heavy atom. The molecule has 4 rings (SSSR count). The van der Waals surface area contributed by atoms with E-state index in [1.165, 1.54) is 18.2 Å². The van der Waals surface area contributed by atoms with E-state index in [2.05, 4.69) is 30.8 Å². The minimum absolute atomic E-state index is 0.0174. The fourth-order valence-electron chi connectivity index (χ4n) is 3.91. The molecule has 0 aliphatic heterocycles. The third-order valence-corrected chi connectivity index (χ3v) is 8.05. The molecular formula is C31H29ClN2O4S. The van der Waals surface area contributed by atoms with Crippen LogP contribution in [-0.2, 0) is 15.4 Å². The van der Waals surface area contributed by atoms with Gasteiger partial charge in [-0.3, -0.25) is 14.3 Å². The first-order chi connectivity index (χ1) is 18.3. The molecule has 6 nitrogen and oxygen atoms in total. The van der Waals surface area contributed by atoms with Crippen LogP contribution >= 0.6 is 11.6 Å². The predicted molar refractivity (Wildman–Crippen MR) is 156 cm³/mol. The molecule has 1 amide bonds. The van der Waals surface area contributed by atoms with E-state index in [1.54, 1.807) is 60.7 Å². The Morgan fingerprint density at radius 3 is 2.03 bits per heavy atom. The molecule has 4 aromatic carbocycles. The van der Waals surface area contributed by atoms with Gasteiger partial charge < -0.3 is 5.32 Å². The maximum atomic E-state index is 13.1. The van der Waals surface area contributed by atoms with E-state index >= 15 is 0 Å². The summed E-state index contributed by atoms with van der Waals surface area (Å²) in [6.45, 7) is 8.22. The first kappa shape index (κ1) is 28.1. The molecular weight excluding hydrogens is 532 g/mol. The normalized spacial score (nSPS) is 11.6. The fourth-order valence-corrected chi connectivity index (χ4v) is 5.50. The number of carbonyl (C=O) groups is 2.